The molecule has 192 valence electrons. The number of rotatable bonds is 8. The summed E-state index contributed by atoms with van der Waals surface area (Å²) < 4.78 is 58.1. The molecule has 0 aliphatic rings. The van der Waals surface area contributed by atoms with Crippen LogP contribution in [0.3, 0.4) is 0 Å². The maximum absolute atomic E-state index is 15.4. The van der Waals surface area contributed by atoms with E-state index in [0.29, 0.717) is 11.3 Å². The SMILES string of the molecule is CNC(=O)N(c1ccc(S(=O)(=O)Nc2ccon2)cn1)c1cc(F)c(-c2cccc(OC)c2)cc1OC. The Morgan fingerprint density at radius 2 is 1.89 bits per heavy atom. The number of methoxy groups -OCH3 is 2. The Balaban J connectivity index is 1.74. The molecule has 0 radical (unpaired) electrons. The van der Waals surface area contributed by atoms with Crippen LogP contribution >= 0.6 is 0 Å². The molecular formula is C24H22FN5O6S. The van der Waals surface area contributed by atoms with Crippen LogP contribution in [0.1, 0.15) is 0 Å². The molecule has 0 saturated carbocycles. The number of aromatic nitrogens is 2. The second kappa shape index (κ2) is 10.5. The van der Waals surface area contributed by atoms with Gasteiger partial charge in [0.05, 0.1) is 19.9 Å². The van der Waals surface area contributed by atoms with E-state index in [2.05, 4.69) is 24.7 Å². The van der Waals surface area contributed by atoms with E-state index in [1.165, 1.54) is 51.8 Å². The fourth-order valence-electron chi connectivity index (χ4n) is 3.47. The minimum Gasteiger partial charge on any atom is -0.497 e. The molecule has 2 aromatic heterocycles. The first kappa shape index (κ1) is 25.4. The third-order valence-corrected chi connectivity index (χ3v) is 6.58. The molecule has 0 unspecified atom stereocenters. The summed E-state index contributed by atoms with van der Waals surface area (Å²) in [4.78, 5) is 17.9. The van der Waals surface area contributed by atoms with Gasteiger partial charge in [0.1, 0.15) is 34.3 Å². The van der Waals surface area contributed by atoms with Crippen molar-refractivity contribution in [2.24, 2.45) is 0 Å². The molecule has 0 spiro atoms. The fraction of sp³-hybridized carbons (Fsp3) is 0.125. The molecule has 0 fully saturated rings. The van der Waals surface area contributed by atoms with Crippen LogP contribution in [0.4, 0.5) is 26.5 Å². The average molecular weight is 528 g/mol. The highest BCUT2D eigenvalue weighted by atomic mass is 32.2. The van der Waals surface area contributed by atoms with E-state index in [1.807, 2.05) is 0 Å². The number of halogens is 1. The van der Waals surface area contributed by atoms with Gasteiger partial charge >= 0.3 is 6.03 Å². The lowest BCUT2D eigenvalue weighted by atomic mass is 10.0. The second-order valence-corrected chi connectivity index (χ2v) is 9.15. The summed E-state index contributed by atoms with van der Waals surface area (Å²) in [6.45, 7) is 0. The lowest BCUT2D eigenvalue weighted by Crippen LogP contribution is -2.35. The van der Waals surface area contributed by atoms with E-state index in [-0.39, 0.29) is 33.5 Å². The number of ether oxygens (including phenoxy) is 2. The smallest absolute Gasteiger partial charge is 0.327 e. The maximum atomic E-state index is 15.4. The molecule has 0 atom stereocenters. The summed E-state index contributed by atoms with van der Waals surface area (Å²) >= 11 is 0. The topological polar surface area (TPSA) is 136 Å². The van der Waals surface area contributed by atoms with Crippen LogP contribution in [0.15, 0.2) is 76.5 Å². The fourth-order valence-corrected chi connectivity index (χ4v) is 4.40. The average Bonchev–Trinajstić information content (AvgIpc) is 3.41. The van der Waals surface area contributed by atoms with Crippen LogP contribution in [0.25, 0.3) is 11.1 Å². The molecule has 0 bridgehead atoms. The van der Waals surface area contributed by atoms with Crippen molar-refractivity contribution in [1.29, 1.82) is 0 Å². The van der Waals surface area contributed by atoms with E-state index >= 15 is 4.39 Å². The molecule has 2 N–H and O–H groups in total. The molecule has 2 amide bonds. The van der Waals surface area contributed by atoms with E-state index in [9.17, 15) is 13.2 Å². The van der Waals surface area contributed by atoms with Gasteiger partial charge in [-0.3, -0.25) is 4.72 Å². The van der Waals surface area contributed by atoms with Gasteiger partial charge < -0.3 is 19.3 Å². The predicted molar refractivity (Wildman–Crippen MR) is 133 cm³/mol. The number of carbonyl (C=O) groups is 1. The molecule has 2 heterocycles. The number of amides is 2. The lowest BCUT2D eigenvalue weighted by Gasteiger charge is -2.24. The molecule has 4 rings (SSSR count). The third-order valence-electron chi connectivity index (χ3n) is 5.24. The number of hydrogen-bond acceptors (Lipinski definition) is 8. The van der Waals surface area contributed by atoms with E-state index in [0.717, 1.165) is 17.2 Å². The zero-order valence-electron chi connectivity index (χ0n) is 19.9. The van der Waals surface area contributed by atoms with Crippen LogP contribution in [0.2, 0.25) is 0 Å². The minimum absolute atomic E-state index is 0.00704. The first-order chi connectivity index (χ1) is 17.8. The summed E-state index contributed by atoms with van der Waals surface area (Å²) in [6.07, 6.45) is 2.27. The van der Waals surface area contributed by atoms with Crippen molar-refractivity contribution in [3.8, 4) is 22.6 Å². The maximum Gasteiger partial charge on any atom is 0.327 e. The Labute approximate surface area is 211 Å². The van der Waals surface area contributed by atoms with Crippen molar-refractivity contribution in [1.82, 2.24) is 15.5 Å². The molecule has 13 heteroatoms. The molecule has 4 aromatic rings. The highest BCUT2D eigenvalue weighted by Gasteiger charge is 2.25. The van der Waals surface area contributed by atoms with Gasteiger partial charge in [-0.1, -0.05) is 17.3 Å². The molecule has 0 aliphatic carbocycles. The Hall–Kier alpha value is -4.65. The van der Waals surface area contributed by atoms with Gasteiger partial charge in [0, 0.05) is 30.9 Å². The van der Waals surface area contributed by atoms with Crippen LogP contribution in [0.5, 0.6) is 11.5 Å². The molecule has 0 saturated heterocycles. The standard InChI is InChI=1S/C24H22FN5O6S/c1-26-24(31)30(23-8-7-17(14-27-23)37(32,33)29-22-9-10-36-28-22)20-13-19(25)18(12-21(20)35-3)15-5-4-6-16(11-15)34-2/h4-14H,1-3H3,(H,26,31)(H,28,29). The Morgan fingerprint density at radius 3 is 2.51 bits per heavy atom. The summed E-state index contributed by atoms with van der Waals surface area (Å²) in [7, 11) is 0.256. The van der Waals surface area contributed by atoms with Crippen LogP contribution < -0.4 is 24.4 Å². The van der Waals surface area contributed by atoms with Gasteiger partial charge in [-0.2, -0.15) is 0 Å². The van der Waals surface area contributed by atoms with Gasteiger partial charge in [-0.05, 0) is 35.9 Å². The summed E-state index contributed by atoms with van der Waals surface area (Å²) in [6, 6.07) is 12.7. The summed E-state index contributed by atoms with van der Waals surface area (Å²) in [5, 5.41) is 5.98. The number of hydrogen-bond donors (Lipinski definition) is 2. The van der Waals surface area contributed by atoms with Crippen molar-refractivity contribution < 1.29 is 31.6 Å². The first-order valence-electron chi connectivity index (χ1n) is 10.7. The predicted octanol–water partition coefficient (Wildman–Crippen LogP) is 4.17. The lowest BCUT2D eigenvalue weighted by molar-refractivity contribution is 0.250. The number of benzene rings is 2. The second-order valence-electron chi connectivity index (χ2n) is 7.47. The number of nitrogens with zero attached hydrogens (tertiary/aromatic N) is 3. The van der Waals surface area contributed by atoms with E-state index in [4.69, 9.17) is 9.47 Å². The summed E-state index contributed by atoms with van der Waals surface area (Å²) in [5.74, 6) is 0.103. The zero-order chi connectivity index (χ0) is 26.6. The Bertz CT molecular complexity index is 1510. The highest BCUT2D eigenvalue weighted by Crippen LogP contribution is 2.39. The number of carbonyl (C=O) groups excluding carboxylic acids is 1. The monoisotopic (exact) mass is 527 g/mol. The Kier molecular flexibility index (Phi) is 7.25. The van der Waals surface area contributed by atoms with Crippen molar-refractivity contribution >= 4 is 33.4 Å². The zero-order valence-corrected chi connectivity index (χ0v) is 20.7. The van der Waals surface area contributed by atoms with Crippen LogP contribution in [-0.4, -0.2) is 45.9 Å². The molecule has 11 nitrogen and oxygen atoms in total. The van der Waals surface area contributed by atoms with Gasteiger partial charge in [-0.15, -0.1) is 0 Å². The molecule has 0 aliphatic heterocycles. The number of anilines is 3. The number of sulfonamides is 1. The number of pyridine rings is 1. The van der Waals surface area contributed by atoms with Gasteiger partial charge in [0.15, 0.2) is 5.82 Å². The van der Waals surface area contributed by atoms with Gasteiger partial charge in [-0.25, -0.2) is 27.5 Å². The van der Waals surface area contributed by atoms with Crippen LogP contribution in [0, 0.1) is 5.82 Å². The van der Waals surface area contributed by atoms with E-state index in [1.54, 1.807) is 24.3 Å². The Morgan fingerprint density at radius 1 is 1.08 bits per heavy atom. The van der Waals surface area contributed by atoms with Crippen molar-refractivity contribution in [2.45, 2.75) is 4.90 Å². The van der Waals surface area contributed by atoms with E-state index < -0.39 is 21.9 Å². The van der Waals surface area contributed by atoms with Crippen LogP contribution in [-0.2, 0) is 10.0 Å². The highest BCUT2D eigenvalue weighted by molar-refractivity contribution is 7.92. The van der Waals surface area contributed by atoms with Gasteiger partial charge in [0.25, 0.3) is 10.0 Å². The molecular weight excluding hydrogens is 505 g/mol. The number of urea groups is 1. The molecule has 2 aromatic carbocycles. The molecule has 37 heavy (non-hydrogen) atoms. The quantitative estimate of drug-likeness (QED) is 0.349. The summed E-state index contributed by atoms with van der Waals surface area (Å²) in [5.41, 5.74) is 0.819. The first-order valence-corrected chi connectivity index (χ1v) is 12.2. The van der Waals surface area contributed by atoms with Crippen molar-refractivity contribution in [3.63, 3.8) is 0 Å². The number of nitrogens with one attached hydrogen (secondary N) is 2. The largest absolute Gasteiger partial charge is 0.497 e. The van der Waals surface area contributed by atoms with Crippen molar-refractivity contribution in [2.75, 3.05) is 30.9 Å². The normalized spacial score (nSPS) is 11.0. The van der Waals surface area contributed by atoms with Gasteiger partial charge in [0.2, 0.25) is 0 Å². The van der Waals surface area contributed by atoms with Crippen molar-refractivity contribution in [3.05, 3.63) is 72.9 Å². The third kappa shape index (κ3) is 5.30. The minimum atomic E-state index is -4.03.